The Morgan fingerprint density at radius 3 is 2.44 bits per heavy atom. The van der Waals surface area contributed by atoms with E-state index >= 15 is 0 Å². The second-order valence-electron chi connectivity index (χ2n) is 4.07. The van der Waals surface area contributed by atoms with Crippen LogP contribution in [0, 0.1) is 0 Å². The van der Waals surface area contributed by atoms with Gasteiger partial charge in [0.05, 0.1) is 18.9 Å². The van der Waals surface area contributed by atoms with Gasteiger partial charge in [-0.25, -0.2) is 0 Å². The van der Waals surface area contributed by atoms with E-state index in [0.29, 0.717) is 0 Å². The summed E-state index contributed by atoms with van der Waals surface area (Å²) in [5, 5.41) is 9.43. The number of anilines is 2. The Bertz CT molecular complexity index is 318. The average molecular weight is 222 g/mol. The number of hydrogen-bond donors (Lipinski definition) is 2. The van der Waals surface area contributed by atoms with Crippen molar-refractivity contribution in [2.45, 2.75) is 18.9 Å². The van der Waals surface area contributed by atoms with E-state index in [1.807, 2.05) is 12.1 Å². The van der Waals surface area contributed by atoms with Crippen LogP contribution in [0.4, 0.5) is 11.4 Å². The molecule has 0 radical (unpaired) electrons. The Morgan fingerprint density at radius 2 is 1.88 bits per heavy atom. The number of nitrogens with one attached hydrogen (secondary N) is 1. The highest BCUT2D eigenvalue weighted by Crippen LogP contribution is 2.21. The molecule has 0 amide bonds. The third kappa shape index (κ3) is 2.65. The van der Waals surface area contributed by atoms with Gasteiger partial charge in [-0.1, -0.05) is 0 Å². The number of benzene rings is 1. The number of nitrogens with zero attached hydrogens (tertiary/aromatic N) is 1. The van der Waals surface area contributed by atoms with Crippen molar-refractivity contribution in [2.75, 3.05) is 30.6 Å². The molecule has 4 nitrogen and oxygen atoms in total. The van der Waals surface area contributed by atoms with Gasteiger partial charge < -0.3 is 10.0 Å². The molecule has 1 saturated heterocycles. The minimum absolute atomic E-state index is 0.120. The molecule has 4 heteroatoms. The molecule has 16 heavy (non-hydrogen) atoms. The van der Waals surface area contributed by atoms with Crippen LogP contribution in [0.1, 0.15) is 12.8 Å². The fourth-order valence-corrected chi connectivity index (χ4v) is 1.98. The zero-order valence-electron chi connectivity index (χ0n) is 9.52. The van der Waals surface area contributed by atoms with Gasteiger partial charge in [0.15, 0.2) is 0 Å². The van der Waals surface area contributed by atoms with Crippen LogP contribution in [0.25, 0.3) is 0 Å². The van der Waals surface area contributed by atoms with E-state index in [-0.39, 0.29) is 6.10 Å². The van der Waals surface area contributed by atoms with Gasteiger partial charge in [-0.2, -0.15) is 0 Å². The van der Waals surface area contributed by atoms with Crippen LogP contribution in [0.2, 0.25) is 0 Å². The predicted octanol–water partition coefficient (Wildman–Crippen LogP) is 1.62. The monoisotopic (exact) mass is 222 g/mol. The van der Waals surface area contributed by atoms with Crippen molar-refractivity contribution in [3.63, 3.8) is 0 Å². The lowest BCUT2D eigenvalue weighted by molar-refractivity contribution is 0.145. The molecular weight excluding hydrogens is 204 g/mol. The lowest BCUT2D eigenvalue weighted by Crippen LogP contribution is -2.35. The van der Waals surface area contributed by atoms with E-state index in [4.69, 9.17) is 4.84 Å². The molecule has 0 spiro atoms. The average Bonchev–Trinajstić information content (AvgIpc) is 2.32. The predicted molar refractivity (Wildman–Crippen MR) is 64.5 cm³/mol. The summed E-state index contributed by atoms with van der Waals surface area (Å²) in [6, 6.07) is 8.12. The second-order valence-corrected chi connectivity index (χ2v) is 4.07. The van der Waals surface area contributed by atoms with E-state index < -0.39 is 0 Å². The summed E-state index contributed by atoms with van der Waals surface area (Å²) >= 11 is 0. The van der Waals surface area contributed by atoms with Crippen LogP contribution in [-0.4, -0.2) is 31.4 Å². The fourth-order valence-electron chi connectivity index (χ4n) is 1.98. The van der Waals surface area contributed by atoms with Crippen molar-refractivity contribution in [3.8, 4) is 0 Å². The minimum atomic E-state index is -0.120. The maximum Gasteiger partial charge on any atom is 0.0636 e. The second kappa shape index (κ2) is 5.18. The number of hydrogen-bond acceptors (Lipinski definition) is 4. The standard InChI is InChI=1S/C12H18N2O2/c1-16-13-10-2-4-11(5-3-10)14-8-6-12(15)7-9-14/h2-5,12-13,15H,6-9H2,1H3. The number of aliphatic hydroxyl groups excluding tert-OH is 1. The molecule has 1 aromatic rings. The highest BCUT2D eigenvalue weighted by Gasteiger charge is 2.16. The first-order valence-corrected chi connectivity index (χ1v) is 5.61. The van der Waals surface area contributed by atoms with Crippen LogP contribution in [0.5, 0.6) is 0 Å². The van der Waals surface area contributed by atoms with E-state index in [1.54, 1.807) is 7.11 Å². The molecule has 0 aromatic heterocycles. The summed E-state index contributed by atoms with van der Waals surface area (Å²) in [6.07, 6.45) is 1.60. The molecule has 2 N–H and O–H groups in total. The van der Waals surface area contributed by atoms with Crippen molar-refractivity contribution < 1.29 is 9.94 Å². The summed E-state index contributed by atoms with van der Waals surface area (Å²) in [6.45, 7) is 1.86. The maximum atomic E-state index is 9.43. The Hall–Kier alpha value is -1.26. The molecule has 1 heterocycles. The summed E-state index contributed by atoms with van der Waals surface area (Å²) in [7, 11) is 1.60. The Balaban J connectivity index is 1.98. The fraction of sp³-hybridized carbons (Fsp3) is 0.500. The molecule has 0 saturated carbocycles. The first-order chi connectivity index (χ1) is 7.79. The maximum absolute atomic E-state index is 9.43. The molecule has 1 aromatic carbocycles. The SMILES string of the molecule is CONc1ccc(N2CCC(O)CC2)cc1. The third-order valence-electron chi connectivity index (χ3n) is 2.92. The first kappa shape index (κ1) is 11.2. The van der Waals surface area contributed by atoms with Gasteiger partial charge in [-0.15, -0.1) is 0 Å². The molecule has 2 rings (SSSR count). The zero-order valence-corrected chi connectivity index (χ0v) is 9.52. The zero-order chi connectivity index (χ0) is 11.4. The molecule has 0 aliphatic carbocycles. The highest BCUT2D eigenvalue weighted by molar-refractivity contribution is 5.54. The normalized spacial score (nSPS) is 17.5. The van der Waals surface area contributed by atoms with Crippen molar-refractivity contribution in [1.82, 2.24) is 0 Å². The van der Waals surface area contributed by atoms with Gasteiger partial charge in [-0.3, -0.25) is 10.3 Å². The lowest BCUT2D eigenvalue weighted by atomic mass is 10.1. The van der Waals surface area contributed by atoms with Crippen molar-refractivity contribution in [2.24, 2.45) is 0 Å². The molecule has 0 bridgehead atoms. The van der Waals surface area contributed by atoms with Crippen LogP contribution < -0.4 is 10.4 Å². The lowest BCUT2D eigenvalue weighted by Gasteiger charge is -2.31. The summed E-state index contributed by atoms with van der Waals surface area (Å²) in [4.78, 5) is 7.13. The van der Waals surface area contributed by atoms with Crippen LogP contribution >= 0.6 is 0 Å². The molecule has 1 aliphatic heterocycles. The summed E-state index contributed by atoms with van der Waals surface area (Å²) in [5.41, 5.74) is 4.94. The van der Waals surface area contributed by atoms with E-state index in [1.165, 1.54) is 5.69 Å². The van der Waals surface area contributed by atoms with Crippen molar-refractivity contribution >= 4 is 11.4 Å². The molecular formula is C12H18N2O2. The topological polar surface area (TPSA) is 44.7 Å². The van der Waals surface area contributed by atoms with Crippen LogP contribution in [0.15, 0.2) is 24.3 Å². The molecule has 0 atom stereocenters. The number of piperidine rings is 1. The third-order valence-corrected chi connectivity index (χ3v) is 2.92. The summed E-state index contributed by atoms with van der Waals surface area (Å²) < 4.78 is 0. The van der Waals surface area contributed by atoms with Crippen molar-refractivity contribution in [1.29, 1.82) is 0 Å². The molecule has 88 valence electrons. The van der Waals surface area contributed by atoms with Gasteiger partial charge >= 0.3 is 0 Å². The number of aliphatic hydroxyl groups is 1. The van der Waals surface area contributed by atoms with Gasteiger partial charge in [0.1, 0.15) is 0 Å². The Morgan fingerprint density at radius 1 is 1.25 bits per heavy atom. The van der Waals surface area contributed by atoms with Crippen LogP contribution in [-0.2, 0) is 4.84 Å². The quantitative estimate of drug-likeness (QED) is 0.763. The Kier molecular flexibility index (Phi) is 3.64. The van der Waals surface area contributed by atoms with Crippen LogP contribution in [0.3, 0.4) is 0 Å². The Labute approximate surface area is 95.8 Å². The van der Waals surface area contributed by atoms with Gasteiger partial charge in [-0.05, 0) is 37.1 Å². The number of rotatable bonds is 3. The van der Waals surface area contributed by atoms with Gasteiger partial charge in [0.25, 0.3) is 0 Å². The minimum Gasteiger partial charge on any atom is -0.393 e. The highest BCUT2D eigenvalue weighted by atomic mass is 16.6. The molecule has 1 fully saturated rings. The van der Waals surface area contributed by atoms with E-state index in [2.05, 4.69) is 22.5 Å². The van der Waals surface area contributed by atoms with Gasteiger partial charge in [0, 0.05) is 18.8 Å². The van der Waals surface area contributed by atoms with E-state index in [0.717, 1.165) is 31.6 Å². The van der Waals surface area contributed by atoms with Crippen molar-refractivity contribution in [3.05, 3.63) is 24.3 Å². The first-order valence-electron chi connectivity index (χ1n) is 5.61. The smallest absolute Gasteiger partial charge is 0.0636 e. The van der Waals surface area contributed by atoms with E-state index in [9.17, 15) is 5.11 Å². The molecule has 1 aliphatic rings. The summed E-state index contributed by atoms with van der Waals surface area (Å²) in [5.74, 6) is 0. The largest absolute Gasteiger partial charge is 0.393 e. The molecule has 0 unspecified atom stereocenters. The van der Waals surface area contributed by atoms with Gasteiger partial charge in [0.2, 0.25) is 0 Å².